The summed E-state index contributed by atoms with van der Waals surface area (Å²) in [5.41, 5.74) is 1.76. The molecule has 0 spiro atoms. The van der Waals surface area contributed by atoms with Crippen LogP contribution in [0.5, 0.6) is 0 Å². The molecule has 152 valence electrons. The van der Waals surface area contributed by atoms with E-state index in [1.807, 2.05) is 24.4 Å². The molecule has 0 saturated carbocycles. The standard InChI is InChI=1S/C22H16F3N3OS/c1-13-10-20(26-15-5-2-4-14(11-15)22(23,24)25)28-18-8-7-16(12-17(13)18)27-21(29)19-6-3-9-30-19/h2-12H,1H3,(H,26,28)(H,27,29). The Morgan fingerprint density at radius 2 is 1.83 bits per heavy atom. The number of rotatable bonds is 4. The van der Waals surface area contributed by atoms with Crippen molar-refractivity contribution < 1.29 is 18.0 Å². The number of fused-ring (bicyclic) bond motifs is 1. The number of carbonyl (C=O) groups is 1. The van der Waals surface area contributed by atoms with Crippen molar-refractivity contribution in [2.24, 2.45) is 0 Å². The van der Waals surface area contributed by atoms with E-state index in [0.29, 0.717) is 27.6 Å². The van der Waals surface area contributed by atoms with Crippen molar-refractivity contribution in [3.05, 3.63) is 82.0 Å². The molecule has 0 aliphatic rings. The lowest BCUT2D eigenvalue weighted by Gasteiger charge is -2.12. The number of alkyl halides is 3. The quantitative estimate of drug-likeness (QED) is 0.385. The average Bonchev–Trinajstić information content (AvgIpc) is 3.23. The second-order valence-electron chi connectivity index (χ2n) is 6.69. The summed E-state index contributed by atoms with van der Waals surface area (Å²) >= 11 is 1.36. The summed E-state index contributed by atoms with van der Waals surface area (Å²) in [5.74, 6) is 0.257. The Morgan fingerprint density at radius 1 is 1.00 bits per heavy atom. The van der Waals surface area contributed by atoms with Gasteiger partial charge in [0.25, 0.3) is 5.91 Å². The maximum atomic E-state index is 12.9. The van der Waals surface area contributed by atoms with E-state index in [1.165, 1.54) is 17.4 Å². The Hall–Kier alpha value is -3.39. The fraction of sp³-hybridized carbons (Fsp3) is 0.0909. The summed E-state index contributed by atoms with van der Waals surface area (Å²) in [7, 11) is 0. The van der Waals surface area contributed by atoms with E-state index in [1.54, 1.807) is 30.3 Å². The Labute approximate surface area is 174 Å². The molecule has 0 bridgehead atoms. The van der Waals surface area contributed by atoms with Crippen molar-refractivity contribution in [2.45, 2.75) is 13.1 Å². The molecule has 0 fully saturated rings. The van der Waals surface area contributed by atoms with Gasteiger partial charge in [-0.2, -0.15) is 13.2 Å². The number of hydrogen-bond acceptors (Lipinski definition) is 4. The van der Waals surface area contributed by atoms with Crippen LogP contribution in [0.25, 0.3) is 10.9 Å². The predicted octanol–water partition coefficient (Wildman–Crippen LogP) is 6.62. The highest BCUT2D eigenvalue weighted by Gasteiger charge is 2.30. The van der Waals surface area contributed by atoms with Crippen LogP contribution in [0.15, 0.2) is 66.0 Å². The molecule has 2 aromatic heterocycles. The lowest BCUT2D eigenvalue weighted by Crippen LogP contribution is -2.10. The molecule has 0 unspecified atom stereocenters. The summed E-state index contributed by atoms with van der Waals surface area (Å²) in [6, 6.07) is 15.6. The number of hydrogen-bond donors (Lipinski definition) is 2. The highest BCUT2D eigenvalue weighted by molar-refractivity contribution is 7.12. The van der Waals surface area contributed by atoms with Gasteiger partial charge in [-0.05, 0) is 66.4 Å². The van der Waals surface area contributed by atoms with Crippen molar-refractivity contribution >= 4 is 45.3 Å². The van der Waals surface area contributed by atoms with Gasteiger partial charge in [-0.25, -0.2) is 4.98 Å². The fourth-order valence-corrected chi connectivity index (χ4v) is 3.68. The molecule has 0 aliphatic carbocycles. The molecule has 1 amide bonds. The summed E-state index contributed by atoms with van der Waals surface area (Å²) in [6.07, 6.45) is -4.41. The maximum Gasteiger partial charge on any atom is 0.416 e. The lowest BCUT2D eigenvalue weighted by atomic mass is 10.1. The van der Waals surface area contributed by atoms with Gasteiger partial charge in [0, 0.05) is 16.8 Å². The van der Waals surface area contributed by atoms with Gasteiger partial charge in [-0.1, -0.05) is 12.1 Å². The highest BCUT2D eigenvalue weighted by atomic mass is 32.1. The van der Waals surface area contributed by atoms with E-state index >= 15 is 0 Å². The molecule has 30 heavy (non-hydrogen) atoms. The smallest absolute Gasteiger partial charge is 0.340 e. The summed E-state index contributed by atoms with van der Waals surface area (Å²) in [4.78, 5) is 17.4. The molecular formula is C22H16F3N3OS. The van der Waals surface area contributed by atoms with Crippen molar-refractivity contribution in [3.63, 3.8) is 0 Å². The van der Waals surface area contributed by atoms with Crippen LogP contribution >= 0.6 is 11.3 Å². The zero-order chi connectivity index (χ0) is 21.3. The zero-order valence-electron chi connectivity index (χ0n) is 15.7. The number of nitrogens with zero attached hydrogens (tertiary/aromatic N) is 1. The van der Waals surface area contributed by atoms with Crippen LogP contribution in [0, 0.1) is 6.92 Å². The molecule has 0 saturated heterocycles. The number of halogens is 3. The van der Waals surface area contributed by atoms with Crippen LogP contribution in [-0.2, 0) is 6.18 Å². The lowest BCUT2D eigenvalue weighted by molar-refractivity contribution is -0.137. The molecule has 4 aromatic rings. The molecule has 4 nitrogen and oxygen atoms in total. The van der Waals surface area contributed by atoms with Gasteiger partial charge in [0.15, 0.2) is 0 Å². The van der Waals surface area contributed by atoms with Gasteiger partial charge in [0.2, 0.25) is 0 Å². The second-order valence-corrected chi connectivity index (χ2v) is 7.64. The van der Waals surface area contributed by atoms with Crippen LogP contribution in [0.4, 0.5) is 30.4 Å². The number of benzene rings is 2. The zero-order valence-corrected chi connectivity index (χ0v) is 16.6. The first-order valence-corrected chi connectivity index (χ1v) is 9.88. The van der Waals surface area contributed by atoms with Crippen LogP contribution in [0.3, 0.4) is 0 Å². The number of thiophene rings is 1. The van der Waals surface area contributed by atoms with E-state index in [4.69, 9.17) is 0 Å². The van der Waals surface area contributed by atoms with Crippen LogP contribution in [-0.4, -0.2) is 10.9 Å². The number of aromatic nitrogens is 1. The van der Waals surface area contributed by atoms with Gasteiger partial charge in [0.05, 0.1) is 16.0 Å². The minimum absolute atomic E-state index is 0.183. The van der Waals surface area contributed by atoms with Gasteiger partial charge in [-0.3, -0.25) is 4.79 Å². The number of aryl methyl sites for hydroxylation is 1. The van der Waals surface area contributed by atoms with Gasteiger partial charge in [-0.15, -0.1) is 11.3 Å². The molecule has 2 aromatic carbocycles. The number of anilines is 3. The minimum Gasteiger partial charge on any atom is -0.340 e. The largest absolute Gasteiger partial charge is 0.416 e. The van der Waals surface area contributed by atoms with Crippen LogP contribution < -0.4 is 10.6 Å². The monoisotopic (exact) mass is 427 g/mol. The molecular weight excluding hydrogens is 411 g/mol. The third kappa shape index (κ3) is 4.28. The van der Waals surface area contributed by atoms with Crippen molar-refractivity contribution in [1.82, 2.24) is 4.98 Å². The number of pyridine rings is 1. The molecule has 2 N–H and O–H groups in total. The van der Waals surface area contributed by atoms with E-state index in [2.05, 4.69) is 15.6 Å². The second kappa shape index (κ2) is 7.79. The normalized spacial score (nSPS) is 11.5. The molecule has 4 rings (SSSR count). The van der Waals surface area contributed by atoms with Gasteiger partial charge in [0.1, 0.15) is 5.82 Å². The summed E-state index contributed by atoms with van der Waals surface area (Å²) in [5, 5.41) is 8.47. The van der Waals surface area contributed by atoms with Gasteiger partial charge >= 0.3 is 6.18 Å². The first-order chi connectivity index (χ1) is 14.3. The van der Waals surface area contributed by atoms with Crippen LogP contribution in [0.1, 0.15) is 20.8 Å². The van der Waals surface area contributed by atoms with E-state index in [0.717, 1.165) is 23.1 Å². The minimum atomic E-state index is -4.41. The molecule has 0 radical (unpaired) electrons. The Bertz CT molecular complexity index is 1220. The van der Waals surface area contributed by atoms with Crippen LogP contribution in [0.2, 0.25) is 0 Å². The average molecular weight is 427 g/mol. The molecule has 8 heteroatoms. The molecule has 0 aliphatic heterocycles. The maximum absolute atomic E-state index is 12.9. The third-order valence-electron chi connectivity index (χ3n) is 4.48. The number of nitrogens with one attached hydrogen (secondary N) is 2. The number of carbonyl (C=O) groups excluding carboxylic acids is 1. The topological polar surface area (TPSA) is 54.0 Å². The summed E-state index contributed by atoms with van der Waals surface area (Å²) in [6.45, 7) is 1.88. The van der Waals surface area contributed by atoms with Crippen molar-refractivity contribution in [3.8, 4) is 0 Å². The Kier molecular flexibility index (Phi) is 5.17. The third-order valence-corrected chi connectivity index (χ3v) is 5.35. The molecule has 2 heterocycles. The van der Waals surface area contributed by atoms with E-state index < -0.39 is 11.7 Å². The number of amides is 1. The first-order valence-electron chi connectivity index (χ1n) is 9.00. The fourth-order valence-electron chi connectivity index (χ4n) is 3.06. The van der Waals surface area contributed by atoms with Crippen molar-refractivity contribution in [1.29, 1.82) is 0 Å². The SMILES string of the molecule is Cc1cc(Nc2cccc(C(F)(F)F)c2)nc2ccc(NC(=O)c3cccs3)cc12. The highest BCUT2D eigenvalue weighted by Crippen LogP contribution is 2.32. The van der Waals surface area contributed by atoms with E-state index in [-0.39, 0.29) is 5.91 Å². The predicted molar refractivity (Wildman–Crippen MR) is 113 cm³/mol. The Morgan fingerprint density at radius 3 is 2.57 bits per heavy atom. The molecule has 0 atom stereocenters. The first kappa shape index (κ1) is 19.9. The van der Waals surface area contributed by atoms with Crippen molar-refractivity contribution in [2.75, 3.05) is 10.6 Å². The Balaban J connectivity index is 1.59. The summed E-state index contributed by atoms with van der Waals surface area (Å²) < 4.78 is 38.8. The van der Waals surface area contributed by atoms with E-state index in [9.17, 15) is 18.0 Å². The van der Waals surface area contributed by atoms with Gasteiger partial charge < -0.3 is 10.6 Å².